The second kappa shape index (κ2) is 3.39. The summed E-state index contributed by atoms with van der Waals surface area (Å²) in [6.45, 7) is 7.30. The van der Waals surface area contributed by atoms with Crippen LogP contribution >= 0.6 is 11.8 Å². The number of hydrogen-bond acceptors (Lipinski definition) is 3. The van der Waals surface area contributed by atoms with E-state index in [1.165, 1.54) is 0 Å². The normalized spacial score (nSPS) is 28.9. The molecule has 1 unspecified atom stereocenters. The average Bonchev–Trinajstić information content (AvgIpc) is 2.90. The van der Waals surface area contributed by atoms with Gasteiger partial charge in [-0.2, -0.15) is 11.8 Å². The Labute approximate surface area is 96.0 Å². The summed E-state index contributed by atoms with van der Waals surface area (Å²) in [5.74, 6) is 0.317. The molecule has 1 saturated carbocycles. The van der Waals surface area contributed by atoms with Crippen LogP contribution in [0.5, 0.6) is 0 Å². The molecule has 1 spiro atoms. The Morgan fingerprint density at radius 3 is 2.60 bits per heavy atom. The van der Waals surface area contributed by atoms with Crippen molar-refractivity contribution in [3.63, 3.8) is 0 Å². The van der Waals surface area contributed by atoms with Gasteiger partial charge in [-0.25, -0.2) is 0 Å². The number of hydrogen-bond donors (Lipinski definition) is 1. The van der Waals surface area contributed by atoms with Gasteiger partial charge in [0, 0.05) is 11.3 Å². The van der Waals surface area contributed by atoms with Crippen molar-refractivity contribution in [1.82, 2.24) is 10.2 Å². The van der Waals surface area contributed by atoms with Crippen LogP contribution in [0.4, 0.5) is 0 Å². The number of carbonyl (C=O) groups excluding carboxylic acids is 1. The van der Waals surface area contributed by atoms with Crippen LogP contribution in [0.3, 0.4) is 0 Å². The Hall–Kier alpha value is -0.220. The van der Waals surface area contributed by atoms with Crippen LogP contribution < -0.4 is 5.32 Å². The summed E-state index contributed by atoms with van der Waals surface area (Å²) in [7, 11) is 0. The van der Waals surface area contributed by atoms with E-state index >= 15 is 0 Å². The first kappa shape index (κ1) is 11.3. The summed E-state index contributed by atoms with van der Waals surface area (Å²) in [5, 5.41) is 3.42. The summed E-state index contributed by atoms with van der Waals surface area (Å²) in [6, 6.07) is 0. The Morgan fingerprint density at radius 2 is 2.20 bits per heavy atom. The first-order valence-electron chi connectivity index (χ1n) is 5.54. The molecule has 2 rings (SSSR count). The van der Waals surface area contributed by atoms with Gasteiger partial charge in [0.25, 0.3) is 0 Å². The molecule has 1 saturated heterocycles. The topological polar surface area (TPSA) is 32.3 Å². The van der Waals surface area contributed by atoms with Crippen molar-refractivity contribution in [2.45, 2.75) is 50.1 Å². The van der Waals surface area contributed by atoms with Gasteiger partial charge in [-0.15, -0.1) is 0 Å². The maximum atomic E-state index is 12.1. The van der Waals surface area contributed by atoms with E-state index in [-0.39, 0.29) is 16.5 Å². The SMILES string of the molecule is CSC(C)(C)CN1C(=O)C2(CC2)NC1C. The van der Waals surface area contributed by atoms with Crippen molar-refractivity contribution >= 4 is 17.7 Å². The van der Waals surface area contributed by atoms with E-state index in [0.717, 1.165) is 19.4 Å². The summed E-state index contributed by atoms with van der Waals surface area (Å²) < 4.78 is 0.145. The Bertz CT molecular complexity index is 286. The smallest absolute Gasteiger partial charge is 0.244 e. The monoisotopic (exact) mass is 228 g/mol. The number of carbonyl (C=O) groups is 1. The predicted octanol–water partition coefficient (Wildman–Crippen LogP) is 1.44. The second-order valence-electron chi connectivity index (χ2n) is 5.30. The van der Waals surface area contributed by atoms with Crippen LogP contribution in [-0.2, 0) is 4.79 Å². The molecule has 1 N–H and O–H groups in total. The van der Waals surface area contributed by atoms with Crippen molar-refractivity contribution in [2.75, 3.05) is 12.8 Å². The molecular weight excluding hydrogens is 208 g/mol. The highest BCUT2D eigenvalue weighted by Crippen LogP contribution is 2.42. The number of rotatable bonds is 3. The standard InChI is InChI=1S/C11H20N2OS/c1-8-12-11(5-6-11)9(14)13(8)7-10(2,3)15-4/h8,12H,5-7H2,1-4H3. The molecular formula is C11H20N2OS. The largest absolute Gasteiger partial charge is 0.324 e. The lowest BCUT2D eigenvalue weighted by Gasteiger charge is -2.30. The molecule has 1 amide bonds. The highest BCUT2D eigenvalue weighted by Gasteiger charge is 2.58. The number of nitrogens with one attached hydrogen (secondary N) is 1. The highest BCUT2D eigenvalue weighted by atomic mass is 32.2. The molecule has 2 fully saturated rings. The summed E-state index contributed by atoms with van der Waals surface area (Å²) in [5.41, 5.74) is -0.159. The molecule has 1 atom stereocenters. The van der Waals surface area contributed by atoms with E-state index < -0.39 is 0 Å². The number of nitrogens with zero attached hydrogens (tertiary/aromatic N) is 1. The van der Waals surface area contributed by atoms with Crippen molar-refractivity contribution < 1.29 is 4.79 Å². The van der Waals surface area contributed by atoms with Crippen LogP contribution in [0.1, 0.15) is 33.6 Å². The lowest BCUT2D eigenvalue weighted by Crippen LogP contribution is -2.43. The zero-order chi connectivity index (χ0) is 11.3. The maximum Gasteiger partial charge on any atom is 0.244 e. The van der Waals surface area contributed by atoms with Gasteiger partial charge in [-0.3, -0.25) is 10.1 Å². The Kier molecular flexibility index (Phi) is 2.54. The van der Waals surface area contributed by atoms with Gasteiger partial charge in [-0.1, -0.05) is 0 Å². The summed E-state index contributed by atoms with van der Waals surface area (Å²) in [6.07, 6.45) is 4.34. The van der Waals surface area contributed by atoms with E-state index in [1.54, 1.807) is 0 Å². The Morgan fingerprint density at radius 1 is 1.60 bits per heavy atom. The van der Waals surface area contributed by atoms with E-state index in [0.29, 0.717) is 5.91 Å². The first-order valence-corrected chi connectivity index (χ1v) is 6.77. The minimum absolute atomic E-state index is 0.145. The lowest BCUT2D eigenvalue weighted by molar-refractivity contribution is -0.130. The van der Waals surface area contributed by atoms with Crippen molar-refractivity contribution in [3.8, 4) is 0 Å². The molecule has 15 heavy (non-hydrogen) atoms. The fourth-order valence-electron chi connectivity index (χ4n) is 2.16. The van der Waals surface area contributed by atoms with Crippen LogP contribution in [0.2, 0.25) is 0 Å². The molecule has 2 aliphatic rings. The molecule has 1 aliphatic carbocycles. The average molecular weight is 228 g/mol. The van der Waals surface area contributed by atoms with Gasteiger partial charge in [-0.05, 0) is 39.9 Å². The van der Waals surface area contributed by atoms with Crippen LogP contribution in [-0.4, -0.2) is 40.1 Å². The summed E-state index contributed by atoms with van der Waals surface area (Å²) >= 11 is 1.82. The summed E-state index contributed by atoms with van der Waals surface area (Å²) in [4.78, 5) is 14.2. The molecule has 0 radical (unpaired) electrons. The molecule has 4 heteroatoms. The van der Waals surface area contributed by atoms with Gasteiger partial charge in [0.2, 0.25) is 5.91 Å². The molecule has 86 valence electrons. The molecule has 0 aromatic heterocycles. The Balaban J connectivity index is 2.07. The third-order valence-corrected chi connectivity index (χ3v) is 4.71. The van der Waals surface area contributed by atoms with Crippen LogP contribution in [0.15, 0.2) is 0 Å². The van der Waals surface area contributed by atoms with Crippen molar-refractivity contribution in [3.05, 3.63) is 0 Å². The molecule has 3 nitrogen and oxygen atoms in total. The number of thioether (sulfide) groups is 1. The minimum Gasteiger partial charge on any atom is -0.324 e. The van der Waals surface area contributed by atoms with Crippen LogP contribution in [0.25, 0.3) is 0 Å². The van der Waals surface area contributed by atoms with Crippen molar-refractivity contribution in [1.29, 1.82) is 0 Å². The fraction of sp³-hybridized carbons (Fsp3) is 0.909. The maximum absolute atomic E-state index is 12.1. The molecule has 0 aromatic carbocycles. The quantitative estimate of drug-likeness (QED) is 0.793. The first-order chi connectivity index (χ1) is 6.90. The zero-order valence-electron chi connectivity index (χ0n) is 9.96. The predicted molar refractivity (Wildman–Crippen MR) is 63.9 cm³/mol. The van der Waals surface area contributed by atoms with E-state index in [9.17, 15) is 4.79 Å². The fourth-order valence-corrected chi connectivity index (χ4v) is 2.43. The van der Waals surface area contributed by atoms with Gasteiger partial charge < -0.3 is 4.90 Å². The van der Waals surface area contributed by atoms with Gasteiger partial charge >= 0.3 is 0 Å². The van der Waals surface area contributed by atoms with Crippen molar-refractivity contribution in [2.24, 2.45) is 0 Å². The molecule has 1 aliphatic heterocycles. The molecule has 0 aromatic rings. The van der Waals surface area contributed by atoms with Gasteiger partial charge in [0.1, 0.15) is 0 Å². The lowest BCUT2D eigenvalue weighted by atomic mass is 10.2. The highest BCUT2D eigenvalue weighted by molar-refractivity contribution is 7.99. The third kappa shape index (κ3) is 1.89. The second-order valence-corrected chi connectivity index (χ2v) is 6.81. The zero-order valence-corrected chi connectivity index (χ0v) is 10.8. The third-order valence-electron chi connectivity index (χ3n) is 3.48. The minimum atomic E-state index is -0.159. The van der Waals surface area contributed by atoms with Crippen LogP contribution in [0, 0.1) is 0 Å². The molecule has 1 heterocycles. The van der Waals surface area contributed by atoms with Gasteiger partial charge in [0.15, 0.2) is 0 Å². The molecule has 0 bridgehead atoms. The van der Waals surface area contributed by atoms with E-state index in [4.69, 9.17) is 0 Å². The van der Waals surface area contributed by atoms with E-state index in [1.807, 2.05) is 16.7 Å². The van der Waals surface area contributed by atoms with Gasteiger partial charge in [0.05, 0.1) is 11.7 Å². The van der Waals surface area contributed by atoms with E-state index in [2.05, 4.69) is 32.3 Å². The number of amides is 1.